The van der Waals surface area contributed by atoms with Gasteiger partial charge in [0.25, 0.3) is 0 Å². The Kier molecular flexibility index (Phi) is 16.5. The molecule has 12 nitrogen and oxygen atoms in total. The lowest BCUT2D eigenvalue weighted by Gasteiger charge is -2.42. The molecule has 0 bridgehead atoms. The number of rotatable bonds is 20. The van der Waals surface area contributed by atoms with Gasteiger partial charge in [-0.15, -0.1) is 0 Å². The lowest BCUT2D eigenvalue weighted by molar-refractivity contribution is -0.230. The van der Waals surface area contributed by atoms with Gasteiger partial charge in [-0.25, -0.2) is 9.59 Å². The lowest BCUT2D eigenvalue weighted by Crippen LogP contribution is -2.57. The molecule has 368 valence electrons. The van der Waals surface area contributed by atoms with Gasteiger partial charge in [0.15, 0.2) is 19.0 Å². The third kappa shape index (κ3) is 15.4. The quantitative estimate of drug-likeness (QED) is 0.0141. The summed E-state index contributed by atoms with van der Waals surface area (Å²) >= 11 is 0. The number of nitrogen functional groups attached to an aromatic ring is 2. The number of hydrogen-bond acceptors (Lipinski definition) is 12. The van der Waals surface area contributed by atoms with E-state index in [4.69, 9.17) is 20.9 Å². The Morgan fingerprint density at radius 2 is 0.831 bits per heavy atom. The van der Waals surface area contributed by atoms with Crippen LogP contribution in [0.25, 0.3) is 12.2 Å². The molecule has 0 heterocycles. The highest BCUT2D eigenvalue weighted by molar-refractivity contribution is 6.01. The number of alkyl halides is 6. The smallest absolute Gasteiger partial charge is 0.422 e. The molecule has 0 amide bonds. The molecule has 0 radical (unpaired) electrons. The summed E-state index contributed by atoms with van der Waals surface area (Å²) in [4.78, 5) is 53.8. The van der Waals surface area contributed by atoms with E-state index in [1.807, 2.05) is 0 Å². The minimum absolute atomic E-state index is 0.0318. The number of esters is 2. The van der Waals surface area contributed by atoms with E-state index in [1.54, 1.807) is 48.5 Å². The maximum absolute atomic E-state index is 14.1. The number of aliphatic hydroxyl groups is 2. The Labute approximate surface area is 402 Å². The minimum atomic E-state index is -4.53. The molecule has 0 aliphatic carbocycles. The monoisotopic (exact) mass is 982 g/mol. The summed E-state index contributed by atoms with van der Waals surface area (Å²) in [7, 11) is 0. The van der Waals surface area contributed by atoms with E-state index in [9.17, 15) is 55.7 Å². The van der Waals surface area contributed by atoms with Gasteiger partial charge >= 0.3 is 24.3 Å². The van der Waals surface area contributed by atoms with Crippen molar-refractivity contribution < 1.29 is 74.7 Å². The van der Waals surface area contributed by atoms with Crippen molar-refractivity contribution in [1.29, 1.82) is 0 Å². The third-order valence-electron chi connectivity index (χ3n) is 10.7. The van der Waals surface area contributed by atoms with Crippen LogP contribution in [0.2, 0.25) is 0 Å². The predicted molar refractivity (Wildman–Crippen MR) is 250 cm³/mol. The second kappa shape index (κ2) is 22.5. The van der Waals surface area contributed by atoms with Gasteiger partial charge in [-0.3, -0.25) is 9.59 Å². The van der Waals surface area contributed by atoms with Crippen LogP contribution in [0.4, 0.5) is 37.7 Å². The average molecular weight is 983 g/mol. The van der Waals surface area contributed by atoms with Gasteiger partial charge in [0.2, 0.25) is 11.6 Å². The van der Waals surface area contributed by atoms with Gasteiger partial charge < -0.3 is 40.6 Å². The van der Waals surface area contributed by atoms with E-state index in [0.717, 1.165) is 6.08 Å². The van der Waals surface area contributed by atoms with Crippen LogP contribution in [0, 0.1) is 5.41 Å². The fourth-order valence-electron chi connectivity index (χ4n) is 7.07. The Morgan fingerprint density at radius 1 is 0.479 bits per heavy atom. The number of carbonyl (C=O) groups excluding carboxylic acids is 4. The second-order valence-electron chi connectivity index (χ2n) is 16.2. The highest BCUT2D eigenvalue weighted by Crippen LogP contribution is 2.43. The molecule has 0 spiro atoms. The molecule has 6 N–H and O–H groups in total. The zero-order valence-corrected chi connectivity index (χ0v) is 37.3. The fourth-order valence-corrected chi connectivity index (χ4v) is 7.07. The molecule has 0 unspecified atom stereocenters. The third-order valence-corrected chi connectivity index (χ3v) is 10.7. The van der Waals surface area contributed by atoms with Crippen LogP contribution < -0.4 is 30.4 Å². The van der Waals surface area contributed by atoms with Crippen LogP contribution in [0.5, 0.6) is 23.0 Å². The van der Waals surface area contributed by atoms with Crippen molar-refractivity contribution in [3.63, 3.8) is 0 Å². The molecule has 0 aliphatic rings. The van der Waals surface area contributed by atoms with Crippen LogP contribution in [-0.2, 0) is 22.4 Å². The van der Waals surface area contributed by atoms with Crippen molar-refractivity contribution in [3.05, 3.63) is 191 Å². The first-order chi connectivity index (χ1) is 33.5. The molecule has 0 atom stereocenters. The molecule has 0 fully saturated rings. The second-order valence-corrected chi connectivity index (χ2v) is 16.2. The number of ketones is 2. The number of ether oxygens (including phenoxy) is 4. The van der Waals surface area contributed by atoms with Crippen molar-refractivity contribution >= 4 is 47.0 Å². The number of carbonyl (C=O) groups is 4. The summed E-state index contributed by atoms with van der Waals surface area (Å²) < 4.78 is 94.8. The van der Waals surface area contributed by atoms with E-state index < -0.39 is 66.7 Å². The summed E-state index contributed by atoms with van der Waals surface area (Å²) in [5, 5.41) is 24.3. The number of halogens is 6. The molecule has 6 aromatic rings. The minimum Gasteiger partial charge on any atom is -0.484 e. The van der Waals surface area contributed by atoms with Crippen molar-refractivity contribution in [2.45, 2.75) is 37.4 Å². The van der Waals surface area contributed by atoms with E-state index in [1.165, 1.54) is 115 Å². The maximum atomic E-state index is 14.1. The molecule has 0 aliphatic heterocycles. The molecular weight excluding hydrogens is 939 g/mol. The van der Waals surface area contributed by atoms with Gasteiger partial charge in [-0.2, -0.15) is 26.3 Å². The van der Waals surface area contributed by atoms with Gasteiger partial charge in [0, 0.05) is 23.2 Å². The normalized spacial score (nSPS) is 12.2. The van der Waals surface area contributed by atoms with Gasteiger partial charge in [-0.05, 0) is 144 Å². The Hall–Kier alpha value is -8.22. The Morgan fingerprint density at radius 3 is 1.20 bits per heavy atom. The molecule has 6 rings (SSSR count). The number of allylic oxidation sites excluding steroid dienone is 1. The molecule has 0 saturated carbocycles. The van der Waals surface area contributed by atoms with E-state index in [2.05, 4.69) is 9.47 Å². The SMILES string of the molecule is Nc1ccc(CC(CC(=O)C=Cc2ccc(C(=O)Oc3ccc(OCC(F)(F)F)cc3)cc2)(Cc2ccc(N)cc2)C(O)(O)C(=O)C=Cc2ccc(C(=O)Oc3ccc(OCC(F)(F)F)cc3)cc2)cc1. The number of anilines is 2. The van der Waals surface area contributed by atoms with Crippen LogP contribution in [0.15, 0.2) is 158 Å². The highest BCUT2D eigenvalue weighted by atomic mass is 19.4. The number of nitrogens with two attached hydrogens (primary N) is 2. The summed E-state index contributed by atoms with van der Waals surface area (Å²) in [6.45, 7) is -2.98. The number of hydrogen-bond donors (Lipinski definition) is 4. The fraction of sp³-hybridized carbons (Fsp3) is 0.170. The van der Waals surface area contributed by atoms with Crippen molar-refractivity contribution in [2.75, 3.05) is 24.7 Å². The predicted octanol–water partition coefficient (Wildman–Crippen LogP) is 9.58. The van der Waals surface area contributed by atoms with Crippen molar-refractivity contribution in [2.24, 2.45) is 5.41 Å². The summed E-state index contributed by atoms with van der Waals surface area (Å²) in [5.41, 5.74) is 12.8. The van der Waals surface area contributed by atoms with E-state index >= 15 is 0 Å². The molecule has 6 aromatic carbocycles. The van der Waals surface area contributed by atoms with E-state index in [0.29, 0.717) is 33.6 Å². The summed E-state index contributed by atoms with van der Waals surface area (Å²) in [5.74, 6) is -6.68. The summed E-state index contributed by atoms with van der Waals surface area (Å²) in [6, 6.07) is 34.3. The standard InChI is InChI=1S/C53H44F6N2O10/c54-51(55,56)32-68-43-20-24-45(25-21-43)70-48(64)38-11-1-34(2-12-38)9-19-42(62)31-50(29-36-5-15-40(60)16-6-36,30-37-7-17-41(61)18-8-37)53(66,67)47(63)28-10-35-3-13-39(14-4-35)49(65)71-46-26-22-44(23-27-46)69-33-52(57,58)59/h1-28,66-67H,29-33,60-61H2. The van der Waals surface area contributed by atoms with Crippen LogP contribution in [0.3, 0.4) is 0 Å². The van der Waals surface area contributed by atoms with Gasteiger partial charge in [0.05, 0.1) is 11.1 Å². The highest BCUT2D eigenvalue weighted by Gasteiger charge is 2.54. The van der Waals surface area contributed by atoms with Crippen molar-refractivity contribution in [1.82, 2.24) is 0 Å². The zero-order chi connectivity index (χ0) is 51.4. The van der Waals surface area contributed by atoms with E-state index in [-0.39, 0.29) is 47.0 Å². The lowest BCUT2D eigenvalue weighted by atomic mass is 9.65. The van der Waals surface area contributed by atoms with Crippen LogP contribution in [-0.4, -0.2) is 65.1 Å². The molecule has 71 heavy (non-hydrogen) atoms. The molecule has 18 heteroatoms. The first kappa shape index (κ1) is 52.2. The van der Waals surface area contributed by atoms with Gasteiger partial charge in [0.1, 0.15) is 23.0 Å². The van der Waals surface area contributed by atoms with Crippen LogP contribution >= 0.6 is 0 Å². The topological polar surface area (TPSA) is 198 Å². The molecule has 0 saturated heterocycles. The Bertz CT molecular complexity index is 2800. The Balaban J connectivity index is 1.19. The maximum Gasteiger partial charge on any atom is 0.422 e. The zero-order valence-electron chi connectivity index (χ0n) is 37.3. The van der Waals surface area contributed by atoms with Crippen LogP contribution in [0.1, 0.15) is 49.4 Å². The molecule has 0 aromatic heterocycles. The molecular formula is C53H44F6N2O10. The average Bonchev–Trinajstić information content (AvgIpc) is 3.33. The van der Waals surface area contributed by atoms with Crippen molar-refractivity contribution in [3.8, 4) is 23.0 Å². The first-order valence-corrected chi connectivity index (χ1v) is 21.4. The largest absolute Gasteiger partial charge is 0.484 e. The number of benzene rings is 6. The first-order valence-electron chi connectivity index (χ1n) is 21.4. The summed E-state index contributed by atoms with van der Waals surface area (Å²) in [6.07, 6.45) is -5.24. The van der Waals surface area contributed by atoms with Gasteiger partial charge in [-0.1, -0.05) is 60.7 Å².